The molecular formula is C11H12N2O2. The number of nitroso groups, excluding NO2 is 1. The average Bonchev–Trinajstić information content (AvgIpc) is 2.73. The third kappa shape index (κ3) is 1.80. The predicted molar refractivity (Wildman–Crippen MR) is 56.2 cm³/mol. The molecule has 1 atom stereocenters. The summed E-state index contributed by atoms with van der Waals surface area (Å²) in [5, 5.41) is 5.68. The van der Waals surface area contributed by atoms with Crippen LogP contribution in [0.5, 0.6) is 0 Å². The van der Waals surface area contributed by atoms with E-state index in [0.717, 1.165) is 18.7 Å². The number of nitrogens with zero attached hydrogens (tertiary/aromatic N) is 1. The number of carbonyl (C=O) groups excluding carboxylic acids is 1. The molecule has 78 valence electrons. The topological polar surface area (TPSA) is 58.5 Å². The van der Waals surface area contributed by atoms with E-state index in [4.69, 9.17) is 0 Å². The highest BCUT2D eigenvalue weighted by Crippen LogP contribution is 2.23. The van der Waals surface area contributed by atoms with Crippen LogP contribution in [0.3, 0.4) is 0 Å². The van der Waals surface area contributed by atoms with Gasteiger partial charge in [0, 0.05) is 18.3 Å². The number of fused-ring (bicyclic) bond motifs is 1. The fourth-order valence-electron chi connectivity index (χ4n) is 1.81. The third-order valence-electron chi connectivity index (χ3n) is 2.82. The molecule has 1 amide bonds. The molecule has 0 aromatic heterocycles. The molecule has 0 spiro atoms. The summed E-state index contributed by atoms with van der Waals surface area (Å²) in [4.78, 5) is 21.3. The maximum atomic E-state index is 11.1. The molecule has 1 heterocycles. The van der Waals surface area contributed by atoms with Crippen molar-refractivity contribution in [2.24, 2.45) is 5.18 Å². The molecule has 1 aliphatic heterocycles. The number of benzene rings is 1. The summed E-state index contributed by atoms with van der Waals surface area (Å²) in [6, 6.07) is 5.86. The zero-order chi connectivity index (χ0) is 10.8. The number of amides is 1. The van der Waals surface area contributed by atoms with E-state index in [-0.39, 0.29) is 0 Å². The van der Waals surface area contributed by atoms with Gasteiger partial charge < -0.3 is 5.32 Å². The van der Waals surface area contributed by atoms with Gasteiger partial charge in [0.05, 0.1) is 5.92 Å². The van der Waals surface area contributed by atoms with Gasteiger partial charge in [0.1, 0.15) is 0 Å². The molecule has 15 heavy (non-hydrogen) atoms. The second kappa shape index (κ2) is 3.90. The van der Waals surface area contributed by atoms with E-state index in [0.29, 0.717) is 0 Å². The zero-order valence-corrected chi connectivity index (χ0v) is 8.49. The van der Waals surface area contributed by atoms with Crippen LogP contribution in [0.4, 0.5) is 0 Å². The summed E-state index contributed by atoms with van der Waals surface area (Å²) in [5.74, 6) is -1.05. The van der Waals surface area contributed by atoms with Crippen molar-refractivity contribution >= 4 is 5.91 Å². The second-order valence-corrected chi connectivity index (χ2v) is 3.78. The Hall–Kier alpha value is -1.55. The first kappa shape index (κ1) is 9.98. The van der Waals surface area contributed by atoms with Crippen LogP contribution in [-0.2, 0) is 17.9 Å². The van der Waals surface area contributed by atoms with Crippen molar-refractivity contribution < 1.29 is 4.79 Å². The number of hydrogen-bond acceptors (Lipinski definition) is 3. The lowest BCUT2D eigenvalue weighted by Gasteiger charge is -2.07. The summed E-state index contributed by atoms with van der Waals surface area (Å²) in [6.07, 6.45) is 0. The predicted octanol–water partition coefficient (Wildman–Crippen LogP) is 1.69. The summed E-state index contributed by atoms with van der Waals surface area (Å²) in [6.45, 7) is 3.41. The molecule has 1 aromatic rings. The van der Waals surface area contributed by atoms with Crippen LogP contribution in [0.2, 0.25) is 0 Å². The Kier molecular flexibility index (Phi) is 2.60. The highest BCUT2D eigenvalue weighted by atomic mass is 16.3. The van der Waals surface area contributed by atoms with E-state index < -0.39 is 11.8 Å². The first-order chi connectivity index (χ1) is 7.22. The van der Waals surface area contributed by atoms with Gasteiger partial charge in [-0.05, 0) is 23.6 Å². The van der Waals surface area contributed by atoms with Gasteiger partial charge in [-0.2, -0.15) is 0 Å². The van der Waals surface area contributed by atoms with Crippen LogP contribution in [0.1, 0.15) is 29.5 Å². The van der Waals surface area contributed by atoms with Crippen LogP contribution in [0.15, 0.2) is 23.4 Å². The largest absolute Gasteiger partial charge is 0.309 e. The minimum atomic E-state index is -0.610. The Balaban J connectivity index is 2.30. The van der Waals surface area contributed by atoms with E-state index in [1.54, 1.807) is 6.92 Å². The smallest absolute Gasteiger partial charge is 0.293 e. The molecule has 4 nitrogen and oxygen atoms in total. The molecule has 4 heteroatoms. The van der Waals surface area contributed by atoms with Crippen LogP contribution in [-0.4, -0.2) is 5.91 Å². The van der Waals surface area contributed by atoms with Crippen molar-refractivity contribution in [1.29, 1.82) is 0 Å². The molecule has 0 bridgehead atoms. The van der Waals surface area contributed by atoms with Crippen molar-refractivity contribution in [1.82, 2.24) is 5.32 Å². The summed E-state index contributed by atoms with van der Waals surface area (Å²) >= 11 is 0. The zero-order valence-electron chi connectivity index (χ0n) is 8.49. The Labute approximate surface area is 87.7 Å². The maximum absolute atomic E-state index is 11.1. The molecule has 0 saturated heterocycles. The standard InChI is InChI=1S/C11H12N2O2/c1-7(11(14)13-15)8-2-3-9-5-12-6-10(9)4-8/h2-4,7,12H,5-6H2,1H3. The van der Waals surface area contributed by atoms with Gasteiger partial charge in [-0.3, -0.25) is 4.79 Å². The second-order valence-electron chi connectivity index (χ2n) is 3.78. The molecule has 1 aliphatic rings. The molecule has 0 radical (unpaired) electrons. The molecule has 0 aliphatic carbocycles. The Morgan fingerprint density at radius 2 is 2.13 bits per heavy atom. The first-order valence-corrected chi connectivity index (χ1v) is 4.92. The van der Waals surface area contributed by atoms with Gasteiger partial charge in [0.2, 0.25) is 0 Å². The van der Waals surface area contributed by atoms with Crippen molar-refractivity contribution in [3.63, 3.8) is 0 Å². The number of rotatable bonds is 2. The normalized spacial score (nSPS) is 15.8. The minimum Gasteiger partial charge on any atom is -0.309 e. The number of hydrogen-bond donors (Lipinski definition) is 1. The Morgan fingerprint density at radius 1 is 1.40 bits per heavy atom. The lowest BCUT2D eigenvalue weighted by molar-refractivity contribution is -0.119. The van der Waals surface area contributed by atoms with Gasteiger partial charge in [-0.25, -0.2) is 0 Å². The van der Waals surface area contributed by atoms with Crippen LogP contribution < -0.4 is 5.32 Å². The van der Waals surface area contributed by atoms with Crippen LogP contribution in [0, 0.1) is 4.91 Å². The summed E-state index contributed by atoms with van der Waals surface area (Å²) < 4.78 is 0. The van der Waals surface area contributed by atoms with Gasteiger partial charge in [-0.1, -0.05) is 18.2 Å². The van der Waals surface area contributed by atoms with Crippen molar-refractivity contribution in [2.45, 2.75) is 25.9 Å². The molecule has 1 unspecified atom stereocenters. The summed E-state index contributed by atoms with van der Waals surface area (Å²) in [5.41, 5.74) is 3.33. The highest BCUT2D eigenvalue weighted by molar-refractivity contribution is 5.83. The van der Waals surface area contributed by atoms with Crippen molar-refractivity contribution in [3.8, 4) is 0 Å². The third-order valence-corrected chi connectivity index (χ3v) is 2.82. The number of carbonyl (C=O) groups is 1. The van der Waals surface area contributed by atoms with Crippen molar-refractivity contribution in [3.05, 3.63) is 39.8 Å². The highest BCUT2D eigenvalue weighted by Gasteiger charge is 2.18. The average molecular weight is 204 g/mol. The fraction of sp³-hybridized carbons (Fsp3) is 0.364. The fourth-order valence-corrected chi connectivity index (χ4v) is 1.81. The molecule has 0 fully saturated rings. The van der Waals surface area contributed by atoms with Crippen LogP contribution in [0.25, 0.3) is 0 Å². The van der Waals surface area contributed by atoms with E-state index in [1.165, 1.54) is 11.1 Å². The van der Waals surface area contributed by atoms with Gasteiger partial charge in [-0.15, -0.1) is 4.91 Å². The van der Waals surface area contributed by atoms with Gasteiger partial charge in [0.25, 0.3) is 5.91 Å². The number of nitrogens with one attached hydrogen (secondary N) is 1. The van der Waals surface area contributed by atoms with Gasteiger partial charge >= 0.3 is 0 Å². The Bertz CT molecular complexity index is 415. The minimum absolute atomic E-state index is 0.437. The molecular weight excluding hydrogens is 192 g/mol. The van der Waals surface area contributed by atoms with E-state index in [1.807, 2.05) is 18.2 Å². The van der Waals surface area contributed by atoms with E-state index in [2.05, 4.69) is 10.5 Å². The van der Waals surface area contributed by atoms with E-state index in [9.17, 15) is 9.70 Å². The van der Waals surface area contributed by atoms with Crippen molar-refractivity contribution in [2.75, 3.05) is 0 Å². The Morgan fingerprint density at radius 3 is 2.87 bits per heavy atom. The lowest BCUT2D eigenvalue weighted by atomic mass is 9.97. The van der Waals surface area contributed by atoms with Crippen LogP contribution >= 0.6 is 0 Å². The monoisotopic (exact) mass is 204 g/mol. The molecule has 2 rings (SSSR count). The van der Waals surface area contributed by atoms with E-state index >= 15 is 0 Å². The first-order valence-electron chi connectivity index (χ1n) is 4.92. The SMILES string of the molecule is CC(C(=O)N=O)c1ccc2c(c1)CNC2. The molecule has 1 aromatic carbocycles. The maximum Gasteiger partial charge on any atom is 0.293 e. The van der Waals surface area contributed by atoms with Gasteiger partial charge in [0.15, 0.2) is 0 Å². The quantitative estimate of drug-likeness (QED) is 0.746. The lowest BCUT2D eigenvalue weighted by Crippen LogP contribution is -2.05. The molecule has 1 N–H and O–H groups in total. The summed E-state index contributed by atoms with van der Waals surface area (Å²) in [7, 11) is 0. The molecule has 0 saturated carbocycles.